The van der Waals surface area contributed by atoms with E-state index in [4.69, 9.17) is 5.73 Å². The number of benzene rings is 2. The molecule has 2 heterocycles. The van der Waals surface area contributed by atoms with E-state index in [0.717, 1.165) is 35.5 Å². The fraction of sp³-hybridized carbons (Fsp3) is 0.167. The molecule has 32 heavy (non-hydrogen) atoms. The molecule has 1 amide bonds. The zero-order valence-electron chi connectivity index (χ0n) is 17.2. The van der Waals surface area contributed by atoms with Gasteiger partial charge in [-0.15, -0.1) is 11.3 Å². The van der Waals surface area contributed by atoms with E-state index in [-0.39, 0.29) is 0 Å². The molecule has 0 saturated carbocycles. The first-order chi connectivity index (χ1) is 15.2. The molecule has 2 aromatic heterocycles. The first-order valence-electron chi connectivity index (χ1n) is 9.91. The van der Waals surface area contributed by atoms with Gasteiger partial charge in [0.05, 0.1) is 22.5 Å². The van der Waals surface area contributed by atoms with Crippen molar-refractivity contribution in [3.63, 3.8) is 0 Å². The lowest BCUT2D eigenvalue weighted by molar-refractivity contribution is -0.137. The second kappa shape index (κ2) is 8.63. The lowest BCUT2D eigenvalue weighted by Gasteiger charge is -2.11. The fourth-order valence-corrected chi connectivity index (χ4v) is 4.43. The van der Waals surface area contributed by atoms with Crippen LogP contribution in [0.5, 0.6) is 0 Å². The van der Waals surface area contributed by atoms with E-state index in [0.29, 0.717) is 28.4 Å². The summed E-state index contributed by atoms with van der Waals surface area (Å²) in [5.74, 6) is -0.514. The smallest absolute Gasteiger partial charge is 0.366 e. The number of hydrogen-bond donors (Lipinski definition) is 1. The summed E-state index contributed by atoms with van der Waals surface area (Å²) in [5, 5.41) is 2.44. The summed E-state index contributed by atoms with van der Waals surface area (Å²) in [4.78, 5) is 16.6. The third-order valence-corrected chi connectivity index (χ3v) is 6.22. The largest absolute Gasteiger partial charge is 0.416 e. The number of rotatable bonds is 6. The summed E-state index contributed by atoms with van der Waals surface area (Å²) in [6.45, 7) is 2.48. The number of alkyl halides is 3. The Kier molecular flexibility index (Phi) is 5.88. The minimum absolute atomic E-state index is 0.428. The van der Waals surface area contributed by atoms with Crippen LogP contribution in [0.3, 0.4) is 0 Å². The number of carbonyl (C=O) groups excluding carboxylic acids is 1. The Hall–Kier alpha value is -3.39. The van der Waals surface area contributed by atoms with Crippen molar-refractivity contribution in [2.24, 2.45) is 5.73 Å². The number of hydrogen-bond acceptors (Lipinski definition) is 3. The van der Waals surface area contributed by atoms with Gasteiger partial charge >= 0.3 is 6.18 Å². The molecule has 0 aliphatic rings. The van der Waals surface area contributed by atoms with Gasteiger partial charge in [0.1, 0.15) is 5.01 Å². The average Bonchev–Trinajstić information content (AvgIpc) is 3.37. The van der Waals surface area contributed by atoms with E-state index < -0.39 is 17.6 Å². The number of thiazole rings is 1. The highest BCUT2D eigenvalue weighted by molar-refractivity contribution is 7.13. The summed E-state index contributed by atoms with van der Waals surface area (Å²) < 4.78 is 40.5. The van der Waals surface area contributed by atoms with Gasteiger partial charge in [-0.05, 0) is 37.1 Å². The van der Waals surface area contributed by atoms with E-state index in [2.05, 4.69) is 4.98 Å². The average molecular weight is 456 g/mol. The number of primary amides is 1. The molecule has 0 aliphatic heterocycles. The normalized spacial score (nSPS) is 11.6. The number of aryl methyl sites for hydroxylation is 1. The molecule has 4 aromatic rings. The van der Waals surface area contributed by atoms with Gasteiger partial charge in [-0.2, -0.15) is 13.2 Å². The number of aromatic nitrogens is 2. The third kappa shape index (κ3) is 4.45. The van der Waals surface area contributed by atoms with Crippen molar-refractivity contribution in [1.29, 1.82) is 0 Å². The van der Waals surface area contributed by atoms with E-state index >= 15 is 0 Å². The van der Waals surface area contributed by atoms with E-state index in [9.17, 15) is 18.0 Å². The number of nitrogens with two attached hydrogens (primary N) is 1. The Morgan fingerprint density at radius 2 is 1.78 bits per heavy atom. The second-order valence-electron chi connectivity index (χ2n) is 7.39. The Morgan fingerprint density at radius 1 is 1.09 bits per heavy atom. The molecule has 0 radical (unpaired) electrons. The summed E-state index contributed by atoms with van der Waals surface area (Å²) in [5.41, 5.74) is 9.21. The van der Waals surface area contributed by atoms with Gasteiger partial charge in [-0.25, -0.2) is 4.98 Å². The van der Waals surface area contributed by atoms with Crippen LogP contribution in [0, 0.1) is 6.92 Å². The molecule has 4 rings (SSSR count). The van der Waals surface area contributed by atoms with Crippen LogP contribution in [-0.2, 0) is 19.1 Å². The van der Waals surface area contributed by atoms with Crippen molar-refractivity contribution in [3.05, 3.63) is 88.4 Å². The molecule has 2 N–H and O–H groups in total. The fourth-order valence-electron chi connectivity index (χ4n) is 3.61. The lowest BCUT2D eigenvalue weighted by atomic mass is 10.1. The van der Waals surface area contributed by atoms with Crippen LogP contribution in [0.1, 0.15) is 27.2 Å². The Labute approximate surface area is 187 Å². The van der Waals surface area contributed by atoms with Gasteiger partial charge in [0, 0.05) is 23.2 Å². The molecular weight excluding hydrogens is 435 g/mol. The molecular formula is C24H20F3N3OS. The van der Waals surface area contributed by atoms with Gasteiger partial charge in [-0.1, -0.05) is 42.5 Å². The zero-order chi connectivity index (χ0) is 22.9. The van der Waals surface area contributed by atoms with Crippen LogP contribution >= 0.6 is 11.3 Å². The van der Waals surface area contributed by atoms with Crippen LogP contribution in [0.25, 0.3) is 22.0 Å². The standard InChI is InChI=1S/C24H20F3N3OS/c1-15-19(22(28)31)13-21(30(15)12-11-16-5-3-2-4-6-16)20-14-32-23(29-20)17-7-9-18(10-8-17)24(25,26)27/h2-10,13-14H,11-12H2,1H3,(H2,28,31). The molecule has 0 saturated heterocycles. The van der Waals surface area contributed by atoms with Crippen molar-refractivity contribution >= 4 is 17.2 Å². The van der Waals surface area contributed by atoms with Crippen LogP contribution in [0.2, 0.25) is 0 Å². The van der Waals surface area contributed by atoms with Crippen molar-refractivity contribution in [1.82, 2.24) is 9.55 Å². The predicted molar refractivity (Wildman–Crippen MR) is 119 cm³/mol. The molecule has 8 heteroatoms. The number of carbonyl (C=O) groups is 1. The first-order valence-corrected chi connectivity index (χ1v) is 10.8. The highest BCUT2D eigenvalue weighted by atomic mass is 32.1. The molecule has 0 spiro atoms. The topological polar surface area (TPSA) is 60.9 Å². The van der Waals surface area contributed by atoms with Crippen LogP contribution in [-0.4, -0.2) is 15.5 Å². The molecule has 2 aromatic carbocycles. The zero-order valence-corrected chi connectivity index (χ0v) is 18.0. The molecule has 0 unspecified atom stereocenters. The maximum atomic E-state index is 12.8. The summed E-state index contributed by atoms with van der Waals surface area (Å²) >= 11 is 1.34. The van der Waals surface area contributed by atoms with Gasteiger partial charge < -0.3 is 10.3 Å². The van der Waals surface area contributed by atoms with Crippen LogP contribution in [0.15, 0.2) is 66.0 Å². The Morgan fingerprint density at radius 3 is 2.41 bits per heavy atom. The molecule has 0 fully saturated rings. The minimum atomic E-state index is -4.38. The van der Waals surface area contributed by atoms with Gasteiger partial charge in [0.15, 0.2) is 0 Å². The van der Waals surface area contributed by atoms with Crippen LogP contribution in [0.4, 0.5) is 13.2 Å². The molecule has 0 bridgehead atoms. The highest BCUT2D eigenvalue weighted by Crippen LogP contribution is 2.34. The SMILES string of the molecule is Cc1c(C(N)=O)cc(-c2csc(-c3ccc(C(F)(F)F)cc3)n2)n1CCc1ccccc1. The van der Waals surface area contributed by atoms with Gasteiger partial charge in [0.2, 0.25) is 0 Å². The third-order valence-electron chi connectivity index (χ3n) is 5.32. The van der Waals surface area contributed by atoms with E-state index in [1.54, 1.807) is 6.07 Å². The first kappa shape index (κ1) is 21.8. The minimum Gasteiger partial charge on any atom is -0.366 e. The maximum absolute atomic E-state index is 12.8. The van der Waals surface area contributed by atoms with E-state index in [1.807, 2.05) is 47.2 Å². The lowest BCUT2D eigenvalue weighted by Crippen LogP contribution is -2.13. The summed E-state index contributed by atoms with van der Waals surface area (Å²) in [6.07, 6.45) is -3.62. The van der Waals surface area contributed by atoms with Gasteiger partial charge in [-0.3, -0.25) is 4.79 Å². The molecule has 0 atom stereocenters. The molecule has 164 valence electrons. The predicted octanol–water partition coefficient (Wildman–Crippen LogP) is 5.95. The molecule has 4 nitrogen and oxygen atoms in total. The summed E-state index contributed by atoms with van der Waals surface area (Å²) in [7, 11) is 0. The number of amides is 1. The summed E-state index contributed by atoms with van der Waals surface area (Å²) in [6, 6.07) is 16.7. The van der Waals surface area contributed by atoms with Crippen molar-refractivity contribution in [3.8, 4) is 22.0 Å². The number of halogens is 3. The van der Waals surface area contributed by atoms with E-state index in [1.165, 1.54) is 23.5 Å². The monoisotopic (exact) mass is 455 g/mol. The highest BCUT2D eigenvalue weighted by Gasteiger charge is 2.30. The van der Waals surface area contributed by atoms with Crippen molar-refractivity contribution in [2.45, 2.75) is 26.1 Å². The van der Waals surface area contributed by atoms with Crippen molar-refractivity contribution in [2.75, 3.05) is 0 Å². The maximum Gasteiger partial charge on any atom is 0.416 e. The van der Waals surface area contributed by atoms with Gasteiger partial charge in [0.25, 0.3) is 5.91 Å². The molecule has 0 aliphatic carbocycles. The Bertz CT molecular complexity index is 1240. The van der Waals surface area contributed by atoms with Crippen molar-refractivity contribution < 1.29 is 18.0 Å². The Balaban J connectivity index is 1.67. The number of nitrogens with zero attached hydrogens (tertiary/aromatic N) is 2. The van der Waals surface area contributed by atoms with Crippen LogP contribution < -0.4 is 5.73 Å². The quantitative estimate of drug-likeness (QED) is 0.391. The second-order valence-corrected chi connectivity index (χ2v) is 8.25.